The Kier molecular flexibility index (Phi) is 5.54. The first-order chi connectivity index (χ1) is 15.1. The van der Waals surface area contributed by atoms with Crippen molar-refractivity contribution in [1.82, 2.24) is 0 Å². The van der Waals surface area contributed by atoms with E-state index in [1.54, 1.807) is 43.5 Å². The number of allylic oxidation sites excluding steroid dienone is 1. The standard InChI is InChI=1S/C24H22N2O5/c1-3-4-11-29-18-10-9-14(12-19(18)28-2)20-16(13-25)23(26)31-22-15-7-5-6-8-17(15)30-24(27)21(20)22/h5-10,12,20H,3-4,11,26H2,1-2H3/t20-/m1/s1. The molecule has 7 nitrogen and oxygen atoms in total. The molecule has 3 aromatic rings. The van der Waals surface area contributed by atoms with Gasteiger partial charge in [0.2, 0.25) is 5.88 Å². The maximum Gasteiger partial charge on any atom is 0.344 e. The molecule has 0 amide bonds. The van der Waals surface area contributed by atoms with Crippen molar-refractivity contribution in [1.29, 1.82) is 5.26 Å². The van der Waals surface area contributed by atoms with Crippen molar-refractivity contribution in [3.05, 3.63) is 75.5 Å². The molecule has 1 aliphatic heterocycles. The Hall–Kier alpha value is -3.92. The summed E-state index contributed by atoms with van der Waals surface area (Å²) in [5.74, 6) is 0.595. The molecule has 0 saturated carbocycles. The van der Waals surface area contributed by atoms with Crippen LogP contribution in [0.2, 0.25) is 0 Å². The van der Waals surface area contributed by atoms with E-state index in [1.807, 2.05) is 6.07 Å². The summed E-state index contributed by atoms with van der Waals surface area (Å²) in [4.78, 5) is 13.0. The van der Waals surface area contributed by atoms with Gasteiger partial charge in [0.05, 0.1) is 30.6 Å². The Morgan fingerprint density at radius 1 is 1.19 bits per heavy atom. The summed E-state index contributed by atoms with van der Waals surface area (Å²) in [6.07, 6.45) is 1.93. The zero-order valence-electron chi connectivity index (χ0n) is 17.3. The molecular formula is C24H22N2O5. The predicted octanol–water partition coefficient (Wildman–Crippen LogP) is 4.20. The lowest BCUT2D eigenvalue weighted by atomic mass is 9.83. The van der Waals surface area contributed by atoms with Gasteiger partial charge >= 0.3 is 5.63 Å². The molecule has 4 rings (SSSR count). The number of hydrogen-bond acceptors (Lipinski definition) is 7. The molecule has 0 bridgehead atoms. The molecule has 158 valence electrons. The van der Waals surface area contributed by atoms with E-state index in [4.69, 9.17) is 24.4 Å². The van der Waals surface area contributed by atoms with Crippen LogP contribution < -0.4 is 25.6 Å². The van der Waals surface area contributed by atoms with Gasteiger partial charge in [-0.3, -0.25) is 0 Å². The van der Waals surface area contributed by atoms with Crippen LogP contribution in [0.4, 0.5) is 0 Å². The van der Waals surface area contributed by atoms with Gasteiger partial charge in [0.1, 0.15) is 17.2 Å². The van der Waals surface area contributed by atoms with Crippen LogP contribution in [0.5, 0.6) is 17.2 Å². The van der Waals surface area contributed by atoms with E-state index in [0.717, 1.165) is 12.8 Å². The first-order valence-electron chi connectivity index (χ1n) is 10.0. The SMILES string of the molecule is CCCCOc1ccc([C@@H]2C(C#N)=C(N)Oc3c2c(=O)oc2ccccc32)cc1OC. The normalized spacial score (nSPS) is 15.2. The number of para-hydroxylation sites is 1. The zero-order chi connectivity index (χ0) is 22.0. The minimum atomic E-state index is -0.756. The van der Waals surface area contributed by atoms with Crippen LogP contribution >= 0.6 is 0 Å². The fourth-order valence-electron chi connectivity index (χ4n) is 3.71. The highest BCUT2D eigenvalue weighted by molar-refractivity contribution is 5.86. The van der Waals surface area contributed by atoms with E-state index < -0.39 is 11.5 Å². The Morgan fingerprint density at radius 3 is 2.74 bits per heavy atom. The molecule has 0 fully saturated rings. The summed E-state index contributed by atoms with van der Waals surface area (Å²) in [7, 11) is 1.54. The first-order valence-corrected chi connectivity index (χ1v) is 10.0. The molecule has 1 aromatic heterocycles. The van der Waals surface area contributed by atoms with Gasteiger partial charge in [-0.2, -0.15) is 5.26 Å². The number of ether oxygens (including phenoxy) is 3. The lowest BCUT2D eigenvalue weighted by Crippen LogP contribution is -2.26. The molecule has 1 atom stereocenters. The molecule has 2 heterocycles. The number of benzene rings is 2. The minimum absolute atomic E-state index is 0.0435. The van der Waals surface area contributed by atoms with Crippen LogP contribution in [0.15, 0.2) is 63.1 Å². The number of fused-ring (bicyclic) bond motifs is 3. The van der Waals surface area contributed by atoms with Crippen molar-refractivity contribution in [2.45, 2.75) is 25.7 Å². The highest BCUT2D eigenvalue weighted by atomic mass is 16.5. The number of unbranched alkanes of at least 4 members (excludes halogenated alkanes) is 1. The molecule has 0 radical (unpaired) electrons. The van der Waals surface area contributed by atoms with E-state index in [0.29, 0.717) is 40.4 Å². The van der Waals surface area contributed by atoms with Gasteiger partial charge in [0.15, 0.2) is 17.2 Å². The molecule has 31 heavy (non-hydrogen) atoms. The van der Waals surface area contributed by atoms with E-state index in [-0.39, 0.29) is 17.0 Å². The lowest BCUT2D eigenvalue weighted by Gasteiger charge is -2.26. The van der Waals surface area contributed by atoms with Crippen molar-refractivity contribution in [2.75, 3.05) is 13.7 Å². The van der Waals surface area contributed by atoms with Crippen LogP contribution in [0, 0.1) is 11.3 Å². The van der Waals surface area contributed by atoms with Crippen LogP contribution in [0.25, 0.3) is 11.0 Å². The summed E-state index contributed by atoms with van der Waals surface area (Å²) in [6, 6.07) is 14.4. The third kappa shape index (κ3) is 3.57. The summed E-state index contributed by atoms with van der Waals surface area (Å²) in [5.41, 5.74) is 6.91. The topological polar surface area (TPSA) is 108 Å². The van der Waals surface area contributed by atoms with Crippen molar-refractivity contribution in [3.63, 3.8) is 0 Å². The number of hydrogen-bond donors (Lipinski definition) is 1. The Labute approximate surface area is 179 Å². The van der Waals surface area contributed by atoms with Crippen LogP contribution in [-0.2, 0) is 0 Å². The molecule has 0 spiro atoms. The summed E-state index contributed by atoms with van der Waals surface area (Å²) in [5, 5.41) is 10.4. The van der Waals surface area contributed by atoms with Crippen LogP contribution in [0.1, 0.15) is 36.8 Å². The first kappa shape index (κ1) is 20.4. The summed E-state index contributed by atoms with van der Waals surface area (Å²) < 4.78 is 22.6. The highest BCUT2D eigenvalue weighted by Crippen LogP contribution is 2.45. The number of rotatable bonds is 6. The second-order valence-electron chi connectivity index (χ2n) is 7.17. The predicted molar refractivity (Wildman–Crippen MR) is 115 cm³/mol. The molecule has 0 saturated heterocycles. The lowest BCUT2D eigenvalue weighted by molar-refractivity contribution is 0.288. The minimum Gasteiger partial charge on any atom is -0.493 e. The van der Waals surface area contributed by atoms with E-state index in [1.165, 1.54) is 0 Å². The quantitative estimate of drug-likeness (QED) is 0.472. The number of nitriles is 1. The number of methoxy groups -OCH3 is 1. The molecule has 2 aromatic carbocycles. The summed E-state index contributed by atoms with van der Waals surface area (Å²) >= 11 is 0. The van der Waals surface area contributed by atoms with Gasteiger partial charge in [0, 0.05) is 0 Å². The smallest absolute Gasteiger partial charge is 0.344 e. The average Bonchev–Trinajstić information content (AvgIpc) is 2.78. The van der Waals surface area contributed by atoms with Gasteiger partial charge in [-0.05, 0) is 36.2 Å². The van der Waals surface area contributed by atoms with E-state index in [2.05, 4.69) is 13.0 Å². The van der Waals surface area contributed by atoms with Crippen molar-refractivity contribution < 1.29 is 18.6 Å². The number of nitrogens with zero attached hydrogens (tertiary/aromatic N) is 1. The molecule has 7 heteroatoms. The van der Waals surface area contributed by atoms with Gasteiger partial charge in [0.25, 0.3) is 0 Å². The Bertz CT molecular complexity index is 1270. The average molecular weight is 418 g/mol. The molecule has 0 aliphatic carbocycles. The fourth-order valence-corrected chi connectivity index (χ4v) is 3.71. The fraction of sp³-hybridized carbons (Fsp3) is 0.250. The van der Waals surface area contributed by atoms with Gasteiger partial charge < -0.3 is 24.4 Å². The number of nitrogens with two attached hydrogens (primary N) is 1. The molecule has 2 N–H and O–H groups in total. The molecular weight excluding hydrogens is 396 g/mol. The largest absolute Gasteiger partial charge is 0.493 e. The van der Waals surface area contributed by atoms with E-state index in [9.17, 15) is 10.1 Å². The monoisotopic (exact) mass is 418 g/mol. The van der Waals surface area contributed by atoms with E-state index >= 15 is 0 Å². The maximum atomic E-state index is 13.0. The van der Waals surface area contributed by atoms with Gasteiger partial charge in [-0.25, -0.2) is 4.79 Å². The Balaban J connectivity index is 1.89. The van der Waals surface area contributed by atoms with Crippen molar-refractivity contribution in [2.24, 2.45) is 5.73 Å². The van der Waals surface area contributed by atoms with Gasteiger partial charge in [-0.1, -0.05) is 31.5 Å². The Morgan fingerprint density at radius 2 is 2.00 bits per heavy atom. The third-order valence-corrected chi connectivity index (χ3v) is 5.25. The second kappa shape index (κ2) is 8.44. The van der Waals surface area contributed by atoms with Crippen LogP contribution in [-0.4, -0.2) is 13.7 Å². The van der Waals surface area contributed by atoms with Gasteiger partial charge in [-0.15, -0.1) is 0 Å². The summed E-state index contributed by atoms with van der Waals surface area (Å²) in [6.45, 7) is 2.65. The highest BCUT2D eigenvalue weighted by Gasteiger charge is 2.35. The second-order valence-corrected chi connectivity index (χ2v) is 7.17. The third-order valence-electron chi connectivity index (χ3n) is 5.25. The molecule has 1 aliphatic rings. The maximum absolute atomic E-state index is 13.0. The zero-order valence-corrected chi connectivity index (χ0v) is 17.3. The van der Waals surface area contributed by atoms with Crippen molar-refractivity contribution in [3.8, 4) is 23.3 Å². The van der Waals surface area contributed by atoms with Crippen molar-refractivity contribution >= 4 is 11.0 Å². The molecule has 0 unspecified atom stereocenters. The van der Waals surface area contributed by atoms with Crippen LogP contribution in [0.3, 0.4) is 0 Å².